The summed E-state index contributed by atoms with van der Waals surface area (Å²) in [5.41, 5.74) is 8.81. The molecular formula is C42H25NS. The van der Waals surface area contributed by atoms with Crippen molar-refractivity contribution in [1.82, 2.24) is 4.57 Å². The molecule has 0 unspecified atom stereocenters. The number of fused-ring (bicyclic) bond motifs is 5. The summed E-state index contributed by atoms with van der Waals surface area (Å²) in [6.45, 7) is 0. The highest BCUT2D eigenvalue weighted by Crippen LogP contribution is 2.46. The van der Waals surface area contributed by atoms with E-state index in [1.54, 1.807) is 0 Å². The molecule has 2 heteroatoms. The third-order valence-corrected chi connectivity index (χ3v) is 10.5. The predicted octanol–water partition coefficient (Wildman–Crippen LogP) is 12.2. The molecule has 2 aromatic heterocycles. The number of benzene rings is 8. The van der Waals surface area contributed by atoms with Crippen molar-refractivity contribution in [3.63, 3.8) is 0 Å². The van der Waals surface area contributed by atoms with Gasteiger partial charge in [0.1, 0.15) is 0 Å². The molecule has 0 bridgehead atoms. The zero-order chi connectivity index (χ0) is 28.8. The summed E-state index contributed by atoms with van der Waals surface area (Å²) in [4.78, 5) is 0. The molecule has 0 fully saturated rings. The first-order valence-electron chi connectivity index (χ1n) is 15.1. The van der Waals surface area contributed by atoms with Gasteiger partial charge in [-0.25, -0.2) is 0 Å². The van der Waals surface area contributed by atoms with Crippen LogP contribution in [0.5, 0.6) is 0 Å². The molecule has 10 rings (SSSR count). The minimum absolute atomic E-state index is 1.20. The smallest absolute Gasteiger partial charge is 0.0727 e. The fourth-order valence-corrected chi connectivity index (χ4v) is 8.62. The minimum Gasteiger partial charge on any atom is -0.308 e. The number of hydrogen-bond acceptors (Lipinski definition) is 1. The second-order valence-corrected chi connectivity index (χ2v) is 12.7. The summed E-state index contributed by atoms with van der Waals surface area (Å²) < 4.78 is 5.12. The summed E-state index contributed by atoms with van der Waals surface area (Å²) in [5.74, 6) is 0. The van der Waals surface area contributed by atoms with Crippen LogP contribution in [0.2, 0.25) is 0 Å². The normalized spacial score (nSPS) is 12.1. The first-order valence-corrected chi connectivity index (χ1v) is 15.9. The van der Waals surface area contributed by atoms with Crippen LogP contribution in [0.15, 0.2) is 152 Å². The summed E-state index contributed by atoms with van der Waals surface area (Å²) >= 11 is 1.90. The lowest BCUT2D eigenvalue weighted by Crippen LogP contribution is -1.93. The van der Waals surface area contributed by atoms with Crippen LogP contribution in [0.1, 0.15) is 0 Å². The van der Waals surface area contributed by atoms with Crippen molar-refractivity contribution in [3.05, 3.63) is 152 Å². The van der Waals surface area contributed by atoms with Gasteiger partial charge in [0.25, 0.3) is 0 Å². The van der Waals surface area contributed by atoms with E-state index in [1.807, 2.05) is 11.3 Å². The molecule has 204 valence electrons. The van der Waals surface area contributed by atoms with Crippen molar-refractivity contribution in [2.75, 3.05) is 0 Å². The number of rotatable bonds is 3. The van der Waals surface area contributed by atoms with E-state index in [0.29, 0.717) is 0 Å². The Morgan fingerprint density at radius 2 is 1.05 bits per heavy atom. The van der Waals surface area contributed by atoms with Crippen LogP contribution in [0.25, 0.3) is 91.5 Å². The highest BCUT2D eigenvalue weighted by molar-refractivity contribution is 7.26. The van der Waals surface area contributed by atoms with Gasteiger partial charge in [0.2, 0.25) is 0 Å². The first-order chi connectivity index (χ1) is 21.8. The van der Waals surface area contributed by atoms with E-state index in [4.69, 9.17) is 0 Å². The molecule has 44 heavy (non-hydrogen) atoms. The van der Waals surface area contributed by atoms with E-state index in [-0.39, 0.29) is 0 Å². The molecule has 0 aliphatic rings. The molecule has 0 aliphatic carbocycles. The Bertz CT molecular complexity index is 2690. The monoisotopic (exact) mass is 575 g/mol. The molecule has 0 N–H and O–H groups in total. The molecule has 0 saturated heterocycles. The molecule has 10 aromatic rings. The summed E-state index contributed by atoms with van der Waals surface area (Å²) in [6, 6.07) is 55.8. The van der Waals surface area contributed by atoms with Crippen LogP contribution in [-0.4, -0.2) is 4.57 Å². The molecule has 0 aliphatic heterocycles. The summed E-state index contributed by atoms with van der Waals surface area (Å²) in [7, 11) is 0. The van der Waals surface area contributed by atoms with Gasteiger partial charge in [-0.05, 0) is 84.9 Å². The minimum atomic E-state index is 1.20. The Balaban J connectivity index is 1.26. The third-order valence-electron chi connectivity index (χ3n) is 9.35. The topological polar surface area (TPSA) is 4.93 Å². The van der Waals surface area contributed by atoms with Gasteiger partial charge in [-0.15, -0.1) is 11.3 Å². The second kappa shape index (κ2) is 9.03. The molecule has 0 radical (unpaired) electrons. The average molecular weight is 576 g/mol. The maximum absolute atomic E-state index is 2.45. The number of aromatic nitrogens is 1. The van der Waals surface area contributed by atoms with Crippen LogP contribution >= 0.6 is 11.3 Å². The zero-order valence-corrected chi connectivity index (χ0v) is 24.6. The Kier molecular flexibility index (Phi) is 4.94. The van der Waals surface area contributed by atoms with Gasteiger partial charge in [-0.2, -0.15) is 0 Å². The fourth-order valence-electron chi connectivity index (χ4n) is 7.40. The van der Waals surface area contributed by atoms with Gasteiger partial charge in [-0.1, -0.05) is 121 Å². The van der Waals surface area contributed by atoms with E-state index in [2.05, 4.69) is 156 Å². The lowest BCUT2D eigenvalue weighted by Gasteiger charge is -2.16. The van der Waals surface area contributed by atoms with Crippen LogP contribution < -0.4 is 0 Å². The highest BCUT2D eigenvalue weighted by atomic mass is 32.1. The van der Waals surface area contributed by atoms with Crippen molar-refractivity contribution in [1.29, 1.82) is 0 Å². The predicted molar refractivity (Wildman–Crippen MR) is 191 cm³/mol. The van der Waals surface area contributed by atoms with E-state index >= 15 is 0 Å². The van der Waals surface area contributed by atoms with Gasteiger partial charge in [0, 0.05) is 21.2 Å². The SMILES string of the molecule is c1ccc(-c2ccc3ccc4c(-c5ccc6c(c5)c5sc7ccccc7c5n6-c5ccccc5)ccc5ccc2c3c54)cc1. The lowest BCUT2D eigenvalue weighted by atomic mass is 9.87. The highest BCUT2D eigenvalue weighted by Gasteiger charge is 2.20. The fraction of sp³-hybridized carbons (Fsp3) is 0. The van der Waals surface area contributed by atoms with Gasteiger partial charge in [0.05, 0.1) is 15.7 Å². The van der Waals surface area contributed by atoms with Gasteiger partial charge in [-0.3, -0.25) is 0 Å². The molecule has 0 atom stereocenters. The first kappa shape index (κ1) is 24.0. The quantitative estimate of drug-likeness (QED) is 0.185. The number of para-hydroxylation sites is 1. The van der Waals surface area contributed by atoms with Gasteiger partial charge in [0.15, 0.2) is 0 Å². The Labute approximate surface area is 258 Å². The van der Waals surface area contributed by atoms with Crippen molar-refractivity contribution in [2.24, 2.45) is 0 Å². The Hall–Kier alpha value is -5.44. The average Bonchev–Trinajstić information content (AvgIpc) is 3.62. The molecular weight excluding hydrogens is 551 g/mol. The standard InChI is InChI=1S/C42H25NS/c1-3-9-26(10-4-1)31-20-15-27-18-23-34-32(21-16-28-17-22-33(31)39(27)40(28)34)29-19-24-37-36(25-29)42-41(35-13-7-8-14-38(35)44-42)43(37)30-11-5-2-6-12-30/h1-25H. The van der Waals surface area contributed by atoms with Gasteiger partial charge < -0.3 is 4.57 Å². The molecule has 2 heterocycles. The Morgan fingerprint density at radius 1 is 0.432 bits per heavy atom. The second-order valence-electron chi connectivity index (χ2n) is 11.7. The number of hydrogen-bond donors (Lipinski definition) is 0. The van der Waals surface area contributed by atoms with Crippen molar-refractivity contribution in [3.8, 4) is 27.9 Å². The van der Waals surface area contributed by atoms with E-state index in [0.717, 1.165) is 0 Å². The van der Waals surface area contributed by atoms with E-state index in [1.165, 1.54) is 91.5 Å². The maximum atomic E-state index is 2.45. The van der Waals surface area contributed by atoms with Crippen LogP contribution in [-0.2, 0) is 0 Å². The van der Waals surface area contributed by atoms with E-state index in [9.17, 15) is 0 Å². The number of nitrogens with zero attached hydrogens (tertiary/aromatic N) is 1. The van der Waals surface area contributed by atoms with Crippen LogP contribution in [0, 0.1) is 0 Å². The summed E-state index contributed by atoms with van der Waals surface area (Å²) in [6.07, 6.45) is 0. The van der Waals surface area contributed by atoms with Crippen LogP contribution in [0.4, 0.5) is 0 Å². The number of thiophene rings is 1. The van der Waals surface area contributed by atoms with Gasteiger partial charge >= 0.3 is 0 Å². The third kappa shape index (κ3) is 3.29. The molecule has 1 nitrogen and oxygen atoms in total. The molecule has 0 saturated carbocycles. The largest absolute Gasteiger partial charge is 0.308 e. The molecule has 0 spiro atoms. The van der Waals surface area contributed by atoms with E-state index < -0.39 is 0 Å². The molecule has 8 aromatic carbocycles. The van der Waals surface area contributed by atoms with Crippen molar-refractivity contribution in [2.45, 2.75) is 0 Å². The van der Waals surface area contributed by atoms with Crippen molar-refractivity contribution < 1.29 is 0 Å². The maximum Gasteiger partial charge on any atom is 0.0727 e. The zero-order valence-electron chi connectivity index (χ0n) is 23.8. The van der Waals surface area contributed by atoms with Crippen molar-refractivity contribution >= 4 is 74.9 Å². The lowest BCUT2D eigenvalue weighted by molar-refractivity contribution is 1.19. The molecule has 0 amide bonds. The summed E-state index contributed by atoms with van der Waals surface area (Å²) in [5, 5.41) is 10.5. The Morgan fingerprint density at radius 3 is 1.77 bits per heavy atom. The van der Waals surface area contributed by atoms with Crippen LogP contribution in [0.3, 0.4) is 0 Å².